The SMILES string of the molecule is Cc1c(CN2CCC3(CC2)CN(c2ncnc4sc(CC(F)(F)F)cc24)C3)ccc2c1cc(C#N)n2CC(N)=O. The number of hydrogen-bond acceptors (Lipinski definition) is 7. The molecule has 1 amide bonds. The maximum absolute atomic E-state index is 12.9. The molecule has 1 spiro atoms. The summed E-state index contributed by atoms with van der Waals surface area (Å²) in [5.74, 6) is 0.241. The number of piperidine rings is 1. The Hall–Kier alpha value is -3.69. The van der Waals surface area contributed by atoms with E-state index in [0.717, 1.165) is 79.2 Å². The lowest BCUT2D eigenvalue weighted by Gasteiger charge is -2.54. The second kappa shape index (κ2) is 9.74. The molecule has 2 aliphatic heterocycles. The summed E-state index contributed by atoms with van der Waals surface area (Å²) < 4.78 is 40.4. The Balaban J connectivity index is 1.11. The molecule has 0 aliphatic carbocycles. The number of alkyl halides is 3. The molecule has 0 atom stereocenters. The predicted molar refractivity (Wildman–Crippen MR) is 147 cm³/mol. The molecule has 8 nitrogen and oxygen atoms in total. The Kier molecular flexibility index (Phi) is 6.46. The maximum Gasteiger partial charge on any atom is 0.393 e. The third-order valence-electron chi connectivity index (χ3n) is 8.29. The monoisotopic (exact) mass is 567 g/mol. The smallest absolute Gasteiger partial charge is 0.368 e. The van der Waals surface area contributed by atoms with Crippen molar-refractivity contribution in [2.45, 2.75) is 45.5 Å². The van der Waals surface area contributed by atoms with Crippen molar-refractivity contribution < 1.29 is 18.0 Å². The molecule has 2 aliphatic rings. The molecule has 0 bridgehead atoms. The Labute approximate surface area is 232 Å². The second-order valence-electron chi connectivity index (χ2n) is 11.0. The van der Waals surface area contributed by atoms with E-state index in [0.29, 0.717) is 15.9 Å². The topological polar surface area (TPSA) is 104 Å². The number of nitrogens with zero attached hydrogens (tertiary/aromatic N) is 6. The molecule has 2 N–H and O–H groups in total. The van der Waals surface area contributed by atoms with Crippen molar-refractivity contribution in [3.05, 3.63) is 52.3 Å². The van der Waals surface area contributed by atoms with Crippen LogP contribution in [0.2, 0.25) is 0 Å². The molecule has 1 aromatic carbocycles. The van der Waals surface area contributed by atoms with E-state index in [2.05, 4.69) is 38.8 Å². The molecule has 3 aromatic heterocycles. The van der Waals surface area contributed by atoms with Gasteiger partial charge in [0, 0.05) is 40.8 Å². The lowest BCUT2D eigenvalue weighted by molar-refractivity contribution is -0.126. The molecule has 208 valence electrons. The fourth-order valence-electron chi connectivity index (χ4n) is 6.20. The summed E-state index contributed by atoms with van der Waals surface area (Å²) in [4.78, 5) is 25.6. The molecular formula is C28H28F3N7OS. The van der Waals surface area contributed by atoms with Gasteiger partial charge in [-0.05, 0) is 62.2 Å². The summed E-state index contributed by atoms with van der Waals surface area (Å²) in [7, 11) is 0. The highest BCUT2D eigenvalue weighted by Gasteiger charge is 2.46. The van der Waals surface area contributed by atoms with Crippen LogP contribution in [0, 0.1) is 23.7 Å². The summed E-state index contributed by atoms with van der Waals surface area (Å²) in [5.41, 5.74) is 9.12. The number of primary amides is 1. The van der Waals surface area contributed by atoms with Gasteiger partial charge in [-0.1, -0.05) is 6.07 Å². The zero-order valence-corrected chi connectivity index (χ0v) is 22.8. The Bertz CT molecular complexity index is 1650. The minimum Gasteiger partial charge on any atom is -0.368 e. The first-order valence-corrected chi connectivity index (χ1v) is 13.9. The van der Waals surface area contributed by atoms with Crippen molar-refractivity contribution in [1.29, 1.82) is 5.26 Å². The van der Waals surface area contributed by atoms with Crippen LogP contribution in [-0.4, -0.2) is 57.7 Å². The molecule has 2 saturated heterocycles. The van der Waals surface area contributed by atoms with Crippen molar-refractivity contribution in [2.75, 3.05) is 31.1 Å². The maximum atomic E-state index is 12.9. The van der Waals surface area contributed by atoms with Crippen LogP contribution in [0.15, 0.2) is 30.6 Å². The lowest BCUT2D eigenvalue weighted by atomic mass is 9.72. The van der Waals surface area contributed by atoms with Gasteiger partial charge >= 0.3 is 6.18 Å². The van der Waals surface area contributed by atoms with Gasteiger partial charge in [0.1, 0.15) is 35.3 Å². The van der Waals surface area contributed by atoms with Gasteiger partial charge in [0.25, 0.3) is 0 Å². The molecule has 0 saturated carbocycles. The zero-order chi connectivity index (χ0) is 28.2. The number of rotatable bonds is 6. The number of carbonyl (C=O) groups excluding carboxylic acids is 1. The van der Waals surface area contributed by atoms with Gasteiger partial charge < -0.3 is 15.2 Å². The average molecular weight is 568 g/mol. The number of aryl methyl sites for hydroxylation is 1. The van der Waals surface area contributed by atoms with Gasteiger partial charge in [-0.25, -0.2) is 9.97 Å². The van der Waals surface area contributed by atoms with E-state index in [9.17, 15) is 23.2 Å². The van der Waals surface area contributed by atoms with Crippen LogP contribution in [0.5, 0.6) is 0 Å². The summed E-state index contributed by atoms with van der Waals surface area (Å²) >= 11 is 1.08. The molecule has 2 fully saturated rings. The molecule has 0 radical (unpaired) electrons. The number of anilines is 1. The van der Waals surface area contributed by atoms with Crippen LogP contribution >= 0.6 is 11.3 Å². The third kappa shape index (κ3) is 4.88. The quantitative estimate of drug-likeness (QED) is 0.368. The number of fused-ring (bicyclic) bond motifs is 2. The molecule has 5 heterocycles. The van der Waals surface area contributed by atoms with E-state index in [1.54, 1.807) is 10.6 Å². The fourth-order valence-corrected chi connectivity index (χ4v) is 7.22. The number of amides is 1. The zero-order valence-electron chi connectivity index (χ0n) is 22.0. The highest BCUT2D eigenvalue weighted by molar-refractivity contribution is 7.18. The van der Waals surface area contributed by atoms with Crippen LogP contribution < -0.4 is 10.6 Å². The van der Waals surface area contributed by atoms with E-state index in [-0.39, 0.29) is 16.8 Å². The number of thiophene rings is 1. The number of aromatic nitrogens is 3. The second-order valence-corrected chi connectivity index (χ2v) is 12.1. The van der Waals surface area contributed by atoms with Crippen molar-refractivity contribution in [2.24, 2.45) is 11.1 Å². The molecule has 0 unspecified atom stereocenters. The predicted octanol–water partition coefficient (Wildman–Crippen LogP) is 4.52. The van der Waals surface area contributed by atoms with E-state index in [4.69, 9.17) is 5.73 Å². The first-order valence-electron chi connectivity index (χ1n) is 13.1. The number of carbonyl (C=O) groups is 1. The van der Waals surface area contributed by atoms with Gasteiger partial charge in [0.05, 0.1) is 11.8 Å². The lowest BCUT2D eigenvalue weighted by Crippen LogP contribution is -2.60. The van der Waals surface area contributed by atoms with E-state index in [1.165, 1.54) is 11.9 Å². The number of hydrogen-bond donors (Lipinski definition) is 1. The molecule has 4 aromatic rings. The van der Waals surface area contributed by atoms with Crippen LogP contribution in [-0.2, 0) is 24.3 Å². The van der Waals surface area contributed by atoms with Gasteiger partial charge in [0.2, 0.25) is 5.91 Å². The first kappa shape index (κ1) is 26.5. The van der Waals surface area contributed by atoms with Gasteiger partial charge in [0.15, 0.2) is 0 Å². The van der Waals surface area contributed by atoms with Crippen LogP contribution in [0.4, 0.5) is 19.0 Å². The summed E-state index contributed by atoms with van der Waals surface area (Å²) in [6.07, 6.45) is -1.67. The number of likely N-dealkylation sites (tertiary alicyclic amines) is 1. The van der Waals surface area contributed by atoms with Crippen LogP contribution in [0.25, 0.3) is 21.1 Å². The highest BCUT2D eigenvalue weighted by atomic mass is 32.1. The third-order valence-corrected chi connectivity index (χ3v) is 9.34. The van der Waals surface area contributed by atoms with Gasteiger partial charge in [-0.15, -0.1) is 11.3 Å². The van der Waals surface area contributed by atoms with Crippen molar-refractivity contribution in [3.8, 4) is 6.07 Å². The van der Waals surface area contributed by atoms with E-state index >= 15 is 0 Å². The fraction of sp³-hybridized carbons (Fsp3) is 0.429. The first-order chi connectivity index (χ1) is 19.0. The van der Waals surface area contributed by atoms with Gasteiger partial charge in [-0.3, -0.25) is 9.69 Å². The standard InChI is InChI=1S/C28H28F3N7OS/c1-17-18(2-3-23-21(17)8-19(11-32)38(23)13-24(33)39)12-36-6-4-27(5-7-36)14-37(15-27)25-22-9-20(10-28(29,30)31)40-26(22)35-16-34-25/h2-3,8-9,16H,4-7,10,12-15H2,1H3,(H2,33,39). The summed E-state index contributed by atoms with van der Waals surface area (Å²) in [5, 5.41) is 11.2. The summed E-state index contributed by atoms with van der Waals surface area (Å²) in [6, 6.07) is 9.62. The number of benzene rings is 1. The summed E-state index contributed by atoms with van der Waals surface area (Å²) in [6.45, 7) is 6.40. The van der Waals surface area contributed by atoms with Crippen LogP contribution in [0.3, 0.4) is 0 Å². The minimum absolute atomic E-state index is 0.0297. The highest BCUT2D eigenvalue weighted by Crippen LogP contribution is 2.45. The van der Waals surface area contributed by atoms with Crippen LogP contribution in [0.1, 0.15) is 34.5 Å². The molecule has 40 heavy (non-hydrogen) atoms. The minimum atomic E-state index is -4.25. The van der Waals surface area contributed by atoms with Crippen molar-refractivity contribution in [3.63, 3.8) is 0 Å². The van der Waals surface area contributed by atoms with Crippen molar-refractivity contribution >= 4 is 44.2 Å². The van der Waals surface area contributed by atoms with E-state index in [1.807, 2.05) is 12.1 Å². The van der Waals surface area contributed by atoms with Gasteiger partial charge in [-0.2, -0.15) is 18.4 Å². The molecular weight excluding hydrogens is 539 g/mol. The molecule has 12 heteroatoms. The Morgan fingerprint density at radius 1 is 1.18 bits per heavy atom. The normalized spacial score (nSPS) is 17.4. The van der Waals surface area contributed by atoms with Crippen molar-refractivity contribution in [1.82, 2.24) is 19.4 Å². The number of nitriles is 1. The largest absolute Gasteiger partial charge is 0.393 e. The molecule has 6 rings (SSSR count). The number of nitrogens with two attached hydrogens (primary N) is 1. The van der Waals surface area contributed by atoms with E-state index < -0.39 is 18.5 Å². The average Bonchev–Trinajstić information content (AvgIpc) is 3.44. The number of halogens is 3. The Morgan fingerprint density at radius 3 is 2.60 bits per heavy atom. The Morgan fingerprint density at radius 2 is 1.93 bits per heavy atom.